The third-order valence-corrected chi connectivity index (χ3v) is 5.26. The third kappa shape index (κ3) is 2.93. The second-order valence-electron chi connectivity index (χ2n) is 7.27. The Bertz CT molecular complexity index is 1290. The first-order valence-electron chi connectivity index (χ1n) is 9.34. The van der Waals surface area contributed by atoms with Gasteiger partial charge >= 0.3 is 0 Å². The molecule has 1 saturated carbocycles. The van der Waals surface area contributed by atoms with Crippen LogP contribution in [-0.2, 0) is 7.05 Å². The first-order chi connectivity index (χ1) is 14.2. The zero-order valence-corrected chi connectivity index (χ0v) is 15.8. The van der Waals surface area contributed by atoms with Gasteiger partial charge in [-0.3, -0.25) is 9.36 Å². The molecule has 0 N–H and O–H groups in total. The molecule has 0 saturated heterocycles. The molecule has 9 nitrogen and oxygen atoms in total. The number of aromatic nitrogens is 7. The Kier molecular flexibility index (Phi) is 3.88. The molecule has 142 valence electrons. The standard InChI is InChI=1S/C20H17N9/c1-22-19-10-23-18-7-16(14-8-24-27(2)11-14)26-20(29(18)19)15-9-25-28(12-15)17(5-6-21)13-3-4-13/h7-13,17H,3-5H2,2H3. The van der Waals surface area contributed by atoms with Crippen molar-refractivity contribution in [3.8, 4) is 28.7 Å². The molecule has 29 heavy (non-hydrogen) atoms. The highest BCUT2D eigenvalue weighted by molar-refractivity contribution is 5.71. The van der Waals surface area contributed by atoms with Crippen LogP contribution in [-0.4, -0.2) is 33.9 Å². The number of nitriles is 1. The predicted octanol–water partition coefficient (Wildman–Crippen LogP) is 3.41. The Morgan fingerprint density at radius 1 is 1.24 bits per heavy atom. The van der Waals surface area contributed by atoms with E-state index in [0.717, 1.165) is 29.7 Å². The lowest BCUT2D eigenvalue weighted by molar-refractivity contribution is 0.412. The fraction of sp³-hybridized carbons (Fsp3) is 0.300. The number of aryl methyl sites for hydroxylation is 1. The second-order valence-corrected chi connectivity index (χ2v) is 7.27. The number of nitrogens with zero attached hydrogens (tertiary/aromatic N) is 9. The first-order valence-corrected chi connectivity index (χ1v) is 9.34. The molecule has 0 amide bonds. The molecule has 0 bridgehead atoms. The van der Waals surface area contributed by atoms with E-state index < -0.39 is 0 Å². The van der Waals surface area contributed by atoms with Crippen molar-refractivity contribution in [1.29, 1.82) is 5.26 Å². The Labute approximate surface area is 166 Å². The number of hydrogen-bond acceptors (Lipinski definition) is 5. The van der Waals surface area contributed by atoms with Gasteiger partial charge in [0.2, 0.25) is 11.5 Å². The molecule has 1 aliphatic rings. The van der Waals surface area contributed by atoms with Gasteiger partial charge < -0.3 is 4.85 Å². The van der Waals surface area contributed by atoms with Gasteiger partial charge in [-0.25, -0.2) is 14.4 Å². The Balaban J connectivity index is 1.66. The van der Waals surface area contributed by atoms with E-state index in [4.69, 9.17) is 11.6 Å². The predicted molar refractivity (Wildman–Crippen MR) is 105 cm³/mol. The number of hydrogen-bond donors (Lipinski definition) is 0. The van der Waals surface area contributed by atoms with E-state index in [-0.39, 0.29) is 6.04 Å². The van der Waals surface area contributed by atoms with Crippen molar-refractivity contribution < 1.29 is 0 Å². The van der Waals surface area contributed by atoms with Gasteiger partial charge in [0.25, 0.3) is 5.82 Å². The maximum Gasteiger partial charge on any atom is 0.256 e. The van der Waals surface area contributed by atoms with Crippen LogP contribution >= 0.6 is 0 Å². The normalized spacial score (nSPS) is 14.6. The van der Waals surface area contributed by atoms with Crippen LogP contribution in [0.3, 0.4) is 0 Å². The minimum absolute atomic E-state index is 0.0777. The molecule has 4 aromatic rings. The van der Waals surface area contributed by atoms with Crippen LogP contribution in [0.5, 0.6) is 0 Å². The van der Waals surface area contributed by atoms with E-state index in [1.165, 1.54) is 0 Å². The molecular formula is C20H17N9. The first kappa shape index (κ1) is 17.1. The maximum atomic E-state index is 9.19. The summed E-state index contributed by atoms with van der Waals surface area (Å²) in [6.45, 7) is 7.48. The van der Waals surface area contributed by atoms with Crippen LogP contribution < -0.4 is 0 Å². The van der Waals surface area contributed by atoms with E-state index in [0.29, 0.717) is 29.6 Å². The molecule has 1 atom stereocenters. The molecule has 1 aliphatic carbocycles. The minimum Gasteiger partial charge on any atom is -0.362 e. The largest absolute Gasteiger partial charge is 0.362 e. The molecule has 0 aromatic carbocycles. The summed E-state index contributed by atoms with van der Waals surface area (Å²) in [5.74, 6) is 1.50. The second kappa shape index (κ2) is 6.57. The van der Waals surface area contributed by atoms with Crippen LogP contribution in [0.15, 0.2) is 37.1 Å². The summed E-state index contributed by atoms with van der Waals surface area (Å²) in [5, 5.41) is 17.9. The van der Waals surface area contributed by atoms with Crippen molar-refractivity contribution in [2.75, 3.05) is 0 Å². The Morgan fingerprint density at radius 3 is 2.76 bits per heavy atom. The zero-order chi connectivity index (χ0) is 20.0. The van der Waals surface area contributed by atoms with Gasteiger partial charge in [-0.05, 0) is 18.8 Å². The van der Waals surface area contributed by atoms with Crippen LogP contribution in [0.1, 0.15) is 25.3 Å². The number of rotatable bonds is 5. The summed E-state index contributed by atoms with van der Waals surface area (Å²) in [4.78, 5) is 12.8. The van der Waals surface area contributed by atoms with Crippen molar-refractivity contribution in [2.24, 2.45) is 13.0 Å². The Morgan fingerprint density at radius 2 is 2.07 bits per heavy atom. The number of imidazole rings is 1. The summed E-state index contributed by atoms with van der Waals surface area (Å²) in [6, 6.07) is 4.20. The lowest BCUT2D eigenvalue weighted by Gasteiger charge is -2.12. The summed E-state index contributed by atoms with van der Waals surface area (Å²) in [6.07, 6.45) is 11.5. The van der Waals surface area contributed by atoms with E-state index >= 15 is 0 Å². The van der Waals surface area contributed by atoms with Crippen LogP contribution in [0, 0.1) is 23.8 Å². The highest BCUT2D eigenvalue weighted by Gasteiger charge is 2.33. The van der Waals surface area contributed by atoms with Crippen molar-refractivity contribution in [3.63, 3.8) is 0 Å². The fourth-order valence-electron chi connectivity index (χ4n) is 3.65. The molecule has 9 heteroatoms. The van der Waals surface area contributed by atoms with E-state index in [1.54, 1.807) is 27.7 Å². The molecule has 1 fully saturated rings. The van der Waals surface area contributed by atoms with Crippen LogP contribution in [0.2, 0.25) is 0 Å². The molecular weight excluding hydrogens is 366 g/mol. The summed E-state index contributed by atoms with van der Waals surface area (Å²) >= 11 is 0. The van der Waals surface area contributed by atoms with Gasteiger partial charge in [0.05, 0.1) is 48.4 Å². The lowest BCUT2D eigenvalue weighted by atomic mass is 10.1. The van der Waals surface area contributed by atoms with Crippen molar-refractivity contribution in [1.82, 2.24) is 33.9 Å². The topological polar surface area (TPSA) is 94.0 Å². The van der Waals surface area contributed by atoms with Crippen molar-refractivity contribution in [2.45, 2.75) is 25.3 Å². The third-order valence-electron chi connectivity index (χ3n) is 5.26. The van der Waals surface area contributed by atoms with Gasteiger partial charge in [0.1, 0.15) is 0 Å². The van der Waals surface area contributed by atoms with Gasteiger partial charge in [-0.15, -0.1) is 0 Å². The average molecular weight is 383 g/mol. The lowest BCUT2D eigenvalue weighted by Crippen LogP contribution is -2.11. The molecule has 4 aromatic heterocycles. The minimum atomic E-state index is 0.0777. The van der Waals surface area contributed by atoms with E-state index in [2.05, 4.69) is 26.1 Å². The zero-order valence-electron chi connectivity index (χ0n) is 15.8. The highest BCUT2D eigenvalue weighted by atomic mass is 15.3. The van der Waals surface area contributed by atoms with Crippen molar-refractivity contribution >= 4 is 11.5 Å². The van der Waals surface area contributed by atoms with Gasteiger partial charge in [0, 0.05) is 31.1 Å². The molecule has 0 spiro atoms. The molecule has 5 rings (SSSR count). The van der Waals surface area contributed by atoms with Crippen LogP contribution in [0.25, 0.3) is 33.1 Å². The molecule has 4 heterocycles. The highest BCUT2D eigenvalue weighted by Crippen LogP contribution is 2.41. The maximum absolute atomic E-state index is 9.19. The molecule has 0 radical (unpaired) electrons. The fourth-order valence-corrected chi connectivity index (χ4v) is 3.65. The van der Waals surface area contributed by atoms with Gasteiger partial charge in [-0.1, -0.05) is 6.57 Å². The van der Waals surface area contributed by atoms with E-state index in [1.807, 2.05) is 30.2 Å². The monoisotopic (exact) mass is 383 g/mol. The number of fused-ring (bicyclic) bond motifs is 1. The van der Waals surface area contributed by atoms with Gasteiger partial charge in [0.15, 0.2) is 0 Å². The summed E-state index contributed by atoms with van der Waals surface area (Å²) in [7, 11) is 1.85. The Hall–Kier alpha value is -3.98. The quantitative estimate of drug-likeness (QED) is 0.492. The van der Waals surface area contributed by atoms with Crippen LogP contribution in [0.4, 0.5) is 5.82 Å². The van der Waals surface area contributed by atoms with Crippen molar-refractivity contribution in [3.05, 3.63) is 48.5 Å². The molecule has 1 unspecified atom stereocenters. The molecule has 0 aliphatic heterocycles. The SMILES string of the molecule is [C-]#[N+]c1cnc2cc(-c3cnn(C)c3)nc(-c3cnn(C(CC#N)C4CC4)c3)n12. The summed E-state index contributed by atoms with van der Waals surface area (Å²) in [5.41, 5.74) is 3.03. The summed E-state index contributed by atoms with van der Waals surface area (Å²) < 4.78 is 5.33. The van der Waals surface area contributed by atoms with Gasteiger partial charge in [-0.2, -0.15) is 15.5 Å². The average Bonchev–Trinajstić information content (AvgIpc) is 3.12. The van der Waals surface area contributed by atoms with E-state index in [9.17, 15) is 5.26 Å². The smallest absolute Gasteiger partial charge is 0.256 e.